The lowest BCUT2D eigenvalue weighted by Gasteiger charge is -2.30. The number of halogens is 1. The molecule has 5 aromatic rings. The maximum absolute atomic E-state index is 14.5. The predicted molar refractivity (Wildman–Crippen MR) is 135 cm³/mol. The summed E-state index contributed by atoms with van der Waals surface area (Å²) in [6.45, 7) is 3.32. The fraction of sp³-hybridized carbons (Fsp3) is 0.120. The van der Waals surface area contributed by atoms with Crippen molar-refractivity contribution in [1.29, 1.82) is 0 Å². The lowest BCUT2D eigenvalue weighted by molar-refractivity contribution is -0.129. The third-order valence-corrected chi connectivity index (χ3v) is 5.68. The molecule has 37 heavy (non-hydrogen) atoms. The summed E-state index contributed by atoms with van der Waals surface area (Å²) in [5, 5.41) is 8.61. The fourth-order valence-electron chi connectivity index (χ4n) is 3.77. The summed E-state index contributed by atoms with van der Waals surface area (Å²) in [6.07, 6.45) is 4.47. The Kier molecular flexibility index (Phi) is 5.14. The van der Waals surface area contributed by atoms with Crippen molar-refractivity contribution in [3.63, 3.8) is 0 Å². The number of H-pyrrole nitrogens is 1. The zero-order chi connectivity index (χ0) is 25.6. The third-order valence-electron chi connectivity index (χ3n) is 5.68. The van der Waals surface area contributed by atoms with Gasteiger partial charge < -0.3 is 25.7 Å². The normalized spacial score (nSPS) is 14.0. The van der Waals surface area contributed by atoms with Crippen molar-refractivity contribution in [3.8, 4) is 17.1 Å². The van der Waals surface area contributed by atoms with Gasteiger partial charge in [-0.3, -0.25) is 9.78 Å². The van der Waals surface area contributed by atoms with Crippen LogP contribution in [-0.2, 0) is 4.79 Å². The molecule has 184 valence electrons. The monoisotopic (exact) mass is 497 g/mol. The van der Waals surface area contributed by atoms with E-state index in [2.05, 4.69) is 45.9 Å². The largest absolute Gasteiger partial charge is 0.474 e. The first kappa shape index (κ1) is 22.3. The molecule has 0 bridgehead atoms. The van der Waals surface area contributed by atoms with Crippen molar-refractivity contribution in [1.82, 2.24) is 29.9 Å². The number of amides is 1. The Morgan fingerprint density at radius 2 is 1.84 bits per heavy atom. The number of fused-ring (bicyclic) bond motifs is 2. The van der Waals surface area contributed by atoms with E-state index in [1.807, 2.05) is 30.3 Å². The van der Waals surface area contributed by atoms with Gasteiger partial charge in [-0.2, -0.15) is 4.98 Å². The van der Waals surface area contributed by atoms with Crippen LogP contribution in [0.15, 0.2) is 61.1 Å². The van der Waals surface area contributed by atoms with E-state index in [0.717, 1.165) is 28.6 Å². The lowest BCUT2D eigenvalue weighted by Crippen LogP contribution is -2.46. The van der Waals surface area contributed by atoms with Crippen molar-refractivity contribution in [2.75, 3.05) is 16.0 Å². The van der Waals surface area contributed by atoms with Crippen LogP contribution < -0.4 is 20.7 Å². The summed E-state index contributed by atoms with van der Waals surface area (Å²) in [7, 11) is 0. The van der Waals surface area contributed by atoms with E-state index >= 15 is 0 Å². The molecule has 6 rings (SSSR count). The molecule has 1 aromatic carbocycles. The second-order valence-electron chi connectivity index (χ2n) is 8.80. The summed E-state index contributed by atoms with van der Waals surface area (Å²) in [4.78, 5) is 36.7. The van der Waals surface area contributed by atoms with Gasteiger partial charge in [0.25, 0.3) is 5.91 Å². The maximum Gasteiger partial charge on any atom is 0.269 e. The van der Waals surface area contributed by atoms with Gasteiger partial charge in [0.15, 0.2) is 28.8 Å². The van der Waals surface area contributed by atoms with Crippen LogP contribution in [0.5, 0.6) is 5.75 Å². The summed E-state index contributed by atoms with van der Waals surface area (Å²) in [5.74, 6) is 0.742. The molecule has 5 heterocycles. The number of aromatic nitrogens is 6. The molecule has 0 spiro atoms. The average Bonchev–Trinajstić information content (AvgIpc) is 3.31. The Hall–Kier alpha value is -5.13. The molecule has 4 aromatic heterocycles. The number of rotatable bonds is 5. The SMILES string of the molecule is CC1(C)Oc2ccc(Nc3nc(Nc4ccc5nc(-c6ccncc6)[nH]c5c4)ncc3F)nc2NC1=O. The second-order valence-corrected chi connectivity index (χ2v) is 8.80. The molecule has 4 N–H and O–H groups in total. The minimum absolute atomic E-state index is 0.0871. The second kappa shape index (κ2) is 8.52. The van der Waals surface area contributed by atoms with Gasteiger partial charge in [0.2, 0.25) is 5.95 Å². The van der Waals surface area contributed by atoms with Gasteiger partial charge in [-0.05, 0) is 56.3 Å². The van der Waals surface area contributed by atoms with E-state index in [0.29, 0.717) is 11.4 Å². The van der Waals surface area contributed by atoms with Gasteiger partial charge in [-0.1, -0.05) is 0 Å². The van der Waals surface area contributed by atoms with Crippen LogP contribution in [0.25, 0.3) is 22.4 Å². The van der Waals surface area contributed by atoms with Crippen LogP contribution in [0.4, 0.5) is 33.5 Å². The Labute approximate surface area is 209 Å². The first-order valence-electron chi connectivity index (χ1n) is 11.3. The summed E-state index contributed by atoms with van der Waals surface area (Å²) >= 11 is 0. The molecule has 0 radical (unpaired) electrons. The van der Waals surface area contributed by atoms with Crippen molar-refractivity contribution in [2.24, 2.45) is 0 Å². The highest BCUT2D eigenvalue weighted by Crippen LogP contribution is 2.33. The molecule has 0 aliphatic carbocycles. The molecule has 0 atom stereocenters. The van der Waals surface area contributed by atoms with Gasteiger partial charge in [0, 0.05) is 23.6 Å². The van der Waals surface area contributed by atoms with Crippen LogP contribution in [0.1, 0.15) is 13.8 Å². The van der Waals surface area contributed by atoms with Crippen molar-refractivity contribution in [2.45, 2.75) is 19.4 Å². The minimum Gasteiger partial charge on any atom is -0.474 e. The van der Waals surface area contributed by atoms with Gasteiger partial charge in [-0.15, -0.1) is 0 Å². The highest BCUT2D eigenvalue weighted by atomic mass is 19.1. The number of hydrogen-bond acceptors (Lipinski definition) is 9. The average molecular weight is 497 g/mol. The van der Waals surface area contributed by atoms with Gasteiger partial charge in [-0.25, -0.2) is 19.3 Å². The zero-order valence-corrected chi connectivity index (χ0v) is 19.7. The smallest absolute Gasteiger partial charge is 0.269 e. The molecule has 0 saturated carbocycles. The zero-order valence-electron chi connectivity index (χ0n) is 19.7. The minimum atomic E-state index is -1.01. The van der Waals surface area contributed by atoms with E-state index in [1.165, 1.54) is 0 Å². The molecule has 1 aliphatic heterocycles. The van der Waals surface area contributed by atoms with Crippen LogP contribution in [0.3, 0.4) is 0 Å². The summed E-state index contributed by atoms with van der Waals surface area (Å²) in [5.41, 5.74) is 2.19. The predicted octanol–water partition coefficient (Wildman–Crippen LogP) is 4.55. The molecule has 1 amide bonds. The quantitative estimate of drug-likeness (QED) is 0.275. The molecular formula is C25H20FN9O2. The maximum atomic E-state index is 14.5. The van der Waals surface area contributed by atoms with Gasteiger partial charge in [0.1, 0.15) is 11.6 Å². The molecule has 12 heteroatoms. The first-order chi connectivity index (χ1) is 17.8. The highest BCUT2D eigenvalue weighted by molar-refractivity contribution is 5.99. The Balaban J connectivity index is 1.23. The lowest BCUT2D eigenvalue weighted by atomic mass is 10.1. The number of anilines is 5. The molecule has 0 saturated heterocycles. The molecule has 0 unspecified atom stereocenters. The number of nitrogens with zero attached hydrogens (tertiary/aromatic N) is 5. The van der Waals surface area contributed by atoms with E-state index in [-0.39, 0.29) is 29.3 Å². The number of nitrogens with one attached hydrogen (secondary N) is 4. The van der Waals surface area contributed by atoms with E-state index < -0.39 is 11.4 Å². The van der Waals surface area contributed by atoms with Gasteiger partial charge in [0.05, 0.1) is 17.2 Å². The fourth-order valence-corrected chi connectivity index (χ4v) is 3.77. The van der Waals surface area contributed by atoms with E-state index in [1.54, 1.807) is 38.4 Å². The van der Waals surface area contributed by atoms with Crippen LogP contribution in [-0.4, -0.2) is 41.4 Å². The standard InChI is InChI=1S/C25H20FN9O2/c1-25(2)23(36)34-22-18(37-25)5-6-19(33-22)32-21-15(26)12-28-24(35-21)29-14-3-4-16-17(11-14)31-20(30-16)13-7-9-27-10-8-13/h3-12H,1-2H3,(H,30,31)(H3,28,29,32,33,34,35,36). The molecule has 11 nitrogen and oxygen atoms in total. The highest BCUT2D eigenvalue weighted by Gasteiger charge is 2.36. The number of hydrogen-bond donors (Lipinski definition) is 4. The molecule has 0 fully saturated rings. The number of imidazole rings is 1. The Morgan fingerprint density at radius 3 is 2.68 bits per heavy atom. The topological polar surface area (TPSA) is 143 Å². The first-order valence-corrected chi connectivity index (χ1v) is 11.3. The van der Waals surface area contributed by atoms with Crippen molar-refractivity contribution < 1.29 is 13.9 Å². The number of pyridine rings is 2. The number of aromatic amines is 1. The third kappa shape index (κ3) is 4.35. The van der Waals surface area contributed by atoms with Crippen molar-refractivity contribution >= 4 is 46.0 Å². The van der Waals surface area contributed by atoms with E-state index in [9.17, 15) is 9.18 Å². The molecule has 1 aliphatic rings. The Morgan fingerprint density at radius 1 is 1.00 bits per heavy atom. The van der Waals surface area contributed by atoms with E-state index in [4.69, 9.17) is 4.74 Å². The van der Waals surface area contributed by atoms with Gasteiger partial charge >= 0.3 is 0 Å². The van der Waals surface area contributed by atoms with Crippen LogP contribution in [0, 0.1) is 5.82 Å². The number of benzene rings is 1. The number of carbonyl (C=O) groups excluding carboxylic acids is 1. The summed E-state index contributed by atoms with van der Waals surface area (Å²) < 4.78 is 20.2. The van der Waals surface area contributed by atoms with Crippen molar-refractivity contribution in [3.05, 3.63) is 66.9 Å². The summed E-state index contributed by atoms with van der Waals surface area (Å²) in [6, 6.07) is 12.5. The number of carbonyl (C=O) groups is 1. The molecular weight excluding hydrogens is 477 g/mol. The Bertz CT molecular complexity index is 1650. The van der Waals surface area contributed by atoms with Crippen LogP contribution in [0.2, 0.25) is 0 Å². The number of ether oxygens (including phenoxy) is 1. The van der Waals surface area contributed by atoms with Crippen LogP contribution >= 0.6 is 0 Å².